The fraction of sp³-hybridized carbons (Fsp3) is 0.682. The molecule has 1 fully saturated rings. The van der Waals surface area contributed by atoms with Gasteiger partial charge in [-0.05, 0) is 64.0 Å². The Bertz CT molecular complexity index is 650. The highest BCUT2D eigenvalue weighted by atomic mass is 16.6. The minimum Gasteiger partial charge on any atom is -0.493 e. The largest absolute Gasteiger partial charge is 0.493 e. The predicted octanol–water partition coefficient (Wildman–Crippen LogP) is 4.84. The van der Waals surface area contributed by atoms with Gasteiger partial charge in [-0.25, -0.2) is 4.79 Å². The number of carbonyl (C=O) groups is 1. The van der Waals surface area contributed by atoms with Crippen molar-refractivity contribution in [2.75, 3.05) is 20.8 Å². The molecule has 0 N–H and O–H groups in total. The second-order valence-corrected chi connectivity index (χ2v) is 7.99. The Morgan fingerprint density at radius 3 is 2.41 bits per heavy atom. The first-order valence-electron chi connectivity index (χ1n) is 10.1. The van der Waals surface area contributed by atoms with Crippen LogP contribution in [-0.4, -0.2) is 43.4 Å². The molecule has 1 aliphatic heterocycles. The van der Waals surface area contributed by atoms with Gasteiger partial charge in [0.15, 0.2) is 11.5 Å². The van der Waals surface area contributed by atoms with E-state index < -0.39 is 5.60 Å². The van der Waals surface area contributed by atoms with E-state index in [1.165, 1.54) is 11.1 Å². The number of hydrogen-bond donors (Lipinski definition) is 0. The third-order valence-electron chi connectivity index (χ3n) is 5.19. The Morgan fingerprint density at radius 2 is 1.81 bits per heavy atom. The Labute approximate surface area is 164 Å². The first-order valence-corrected chi connectivity index (χ1v) is 10.1. The van der Waals surface area contributed by atoms with Crippen molar-refractivity contribution >= 4 is 6.09 Å². The molecule has 152 valence electrons. The zero-order valence-electron chi connectivity index (χ0n) is 17.9. The lowest BCUT2D eigenvalue weighted by atomic mass is 9.75. The highest BCUT2D eigenvalue weighted by Gasteiger charge is 2.40. The van der Waals surface area contributed by atoms with Crippen LogP contribution in [0.15, 0.2) is 12.1 Å². The second-order valence-electron chi connectivity index (χ2n) is 7.99. The fourth-order valence-electron chi connectivity index (χ4n) is 4.13. The Balaban J connectivity index is 0.00000126. The molecule has 2 aliphatic rings. The average molecular weight is 378 g/mol. The van der Waals surface area contributed by atoms with E-state index in [4.69, 9.17) is 14.2 Å². The molecule has 0 bridgehead atoms. The van der Waals surface area contributed by atoms with Gasteiger partial charge in [-0.15, -0.1) is 0 Å². The molecule has 0 aromatic heterocycles. The molecular formula is C22H35NO4. The molecule has 1 aromatic rings. The molecule has 2 atom stereocenters. The van der Waals surface area contributed by atoms with Gasteiger partial charge in [-0.3, -0.25) is 0 Å². The number of benzene rings is 1. The van der Waals surface area contributed by atoms with Crippen LogP contribution in [0, 0.1) is 5.92 Å². The SMILES string of the molecule is CC.COc1ccc2c(c1OC)CC1CCCN(C(=O)OC(C)(C)C)C1C2. The smallest absolute Gasteiger partial charge is 0.410 e. The number of carbonyl (C=O) groups excluding carboxylic acids is 1. The molecule has 1 aromatic carbocycles. The van der Waals surface area contributed by atoms with E-state index in [9.17, 15) is 4.79 Å². The molecule has 1 aliphatic carbocycles. The van der Waals surface area contributed by atoms with Crippen LogP contribution in [-0.2, 0) is 17.6 Å². The number of piperidine rings is 1. The molecule has 1 saturated heterocycles. The molecule has 5 heteroatoms. The second kappa shape index (κ2) is 8.85. The van der Waals surface area contributed by atoms with Gasteiger partial charge in [0.1, 0.15) is 5.60 Å². The van der Waals surface area contributed by atoms with Gasteiger partial charge in [-0.1, -0.05) is 19.9 Å². The van der Waals surface area contributed by atoms with Crippen molar-refractivity contribution in [3.05, 3.63) is 23.3 Å². The van der Waals surface area contributed by atoms with E-state index >= 15 is 0 Å². The van der Waals surface area contributed by atoms with Crippen molar-refractivity contribution in [2.24, 2.45) is 5.92 Å². The van der Waals surface area contributed by atoms with Gasteiger partial charge < -0.3 is 19.1 Å². The number of amides is 1. The summed E-state index contributed by atoms with van der Waals surface area (Å²) in [6.45, 7) is 10.5. The minimum atomic E-state index is -0.465. The van der Waals surface area contributed by atoms with E-state index in [2.05, 4.69) is 6.07 Å². The van der Waals surface area contributed by atoms with E-state index in [-0.39, 0.29) is 12.1 Å². The van der Waals surface area contributed by atoms with Gasteiger partial charge in [-0.2, -0.15) is 0 Å². The Morgan fingerprint density at radius 1 is 1.11 bits per heavy atom. The summed E-state index contributed by atoms with van der Waals surface area (Å²) >= 11 is 0. The van der Waals surface area contributed by atoms with E-state index in [1.807, 2.05) is 45.6 Å². The molecule has 1 heterocycles. The molecule has 0 saturated carbocycles. The minimum absolute atomic E-state index is 0.189. The fourth-order valence-corrected chi connectivity index (χ4v) is 4.13. The number of likely N-dealkylation sites (tertiary alicyclic amines) is 1. The monoisotopic (exact) mass is 377 g/mol. The first-order chi connectivity index (χ1) is 12.8. The maximum Gasteiger partial charge on any atom is 0.410 e. The number of hydrogen-bond acceptors (Lipinski definition) is 4. The number of rotatable bonds is 2. The zero-order chi connectivity index (χ0) is 20.2. The van der Waals surface area contributed by atoms with Gasteiger partial charge in [0, 0.05) is 18.2 Å². The summed E-state index contributed by atoms with van der Waals surface area (Å²) in [5.41, 5.74) is 2.01. The molecular weight excluding hydrogens is 342 g/mol. The summed E-state index contributed by atoms with van der Waals surface area (Å²) in [4.78, 5) is 14.6. The summed E-state index contributed by atoms with van der Waals surface area (Å²) in [6.07, 6.45) is 3.72. The summed E-state index contributed by atoms with van der Waals surface area (Å²) in [5.74, 6) is 2.06. The van der Waals surface area contributed by atoms with Gasteiger partial charge in [0.25, 0.3) is 0 Å². The topological polar surface area (TPSA) is 48.0 Å². The molecule has 1 amide bonds. The van der Waals surface area contributed by atoms with Crippen molar-refractivity contribution < 1.29 is 19.0 Å². The Kier molecular flexibility index (Phi) is 7.01. The van der Waals surface area contributed by atoms with Crippen molar-refractivity contribution in [2.45, 2.75) is 71.9 Å². The van der Waals surface area contributed by atoms with Crippen LogP contribution in [0.3, 0.4) is 0 Å². The van der Waals surface area contributed by atoms with Gasteiger partial charge in [0.05, 0.1) is 14.2 Å². The lowest BCUT2D eigenvalue weighted by molar-refractivity contribution is -0.00145. The number of fused-ring (bicyclic) bond motifs is 2. The summed E-state index contributed by atoms with van der Waals surface area (Å²) in [6, 6.07) is 4.27. The maximum atomic E-state index is 12.7. The lowest BCUT2D eigenvalue weighted by Crippen LogP contribution is -2.53. The highest BCUT2D eigenvalue weighted by molar-refractivity contribution is 5.69. The van der Waals surface area contributed by atoms with E-state index in [0.29, 0.717) is 5.92 Å². The van der Waals surface area contributed by atoms with Crippen molar-refractivity contribution in [1.29, 1.82) is 0 Å². The Hall–Kier alpha value is -1.91. The quantitative estimate of drug-likeness (QED) is 0.740. The summed E-state index contributed by atoms with van der Waals surface area (Å²) < 4.78 is 16.7. The van der Waals surface area contributed by atoms with Crippen LogP contribution in [0.5, 0.6) is 11.5 Å². The molecule has 2 unspecified atom stereocenters. The van der Waals surface area contributed by atoms with Crippen molar-refractivity contribution in [3.8, 4) is 11.5 Å². The third-order valence-corrected chi connectivity index (χ3v) is 5.19. The summed E-state index contributed by atoms with van der Waals surface area (Å²) in [7, 11) is 3.36. The van der Waals surface area contributed by atoms with Crippen molar-refractivity contribution in [3.63, 3.8) is 0 Å². The van der Waals surface area contributed by atoms with Crippen molar-refractivity contribution in [1.82, 2.24) is 4.90 Å². The first kappa shape index (κ1) is 21.4. The van der Waals surface area contributed by atoms with Gasteiger partial charge >= 0.3 is 6.09 Å². The van der Waals surface area contributed by atoms with Crippen LogP contribution < -0.4 is 9.47 Å². The normalized spacial score (nSPS) is 21.2. The zero-order valence-corrected chi connectivity index (χ0v) is 17.9. The molecule has 5 nitrogen and oxygen atoms in total. The maximum absolute atomic E-state index is 12.7. The molecule has 3 rings (SSSR count). The molecule has 27 heavy (non-hydrogen) atoms. The number of methoxy groups -OCH3 is 2. The van der Waals surface area contributed by atoms with Crippen LogP contribution in [0.4, 0.5) is 4.79 Å². The van der Waals surface area contributed by atoms with E-state index in [1.54, 1.807) is 14.2 Å². The average Bonchev–Trinajstić information content (AvgIpc) is 2.65. The predicted molar refractivity (Wildman–Crippen MR) is 108 cm³/mol. The van der Waals surface area contributed by atoms with E-state index in [0.717, 1.165) is 43.7 Å². The van der Waals surface area contributed by atoms with Crippen LogP contribution in [0.1, 0.15) is 58.6 Å². The molecule has 0 spiro atoms. The number of nitrogens with zero attached hydrogens (tertiary/aromatic N) is 1. The standard InChI is InChI=1S/C20H29NO4.C2H6/c1-20(2,3)25-19(22)21-10-6-7-14-11-15-13(12-16(14)21)8-9-17(23-4)18(15)24-5;1-2/h8-9,14,16H,6-7,10-12H2,1-5H3;1-2H3. The lowest BCUT2D eigenvalue weighted by Gasteiger charge is -2.44. The van der Waals surface area contributed by atoms with Crippen LogP contribution >= 0.6 is 0 Å². The third kappa shape index (κ3) is 4.69. The summed E-state index contributed by atoms with van der Waals surface area (Å²) in [5, 5.41) is 0. The highest BCUT2D eigenvalue weighted by Crippen LogP contribution is 2.42. The number of ether oxygens (including phenoxy) is 3. The van der Waals surface area contributed by atoms with Crippen LogP contribution in [0.2, 0.25) is 0 Å². The molecule has 0 radical (unpaired) electrons. The van der Waals surface area contributed by atoms with Crippen LogP contribution in [0.25, 0.3) is 0 Å². The van der Waals surface area contributed by atoms with Gasteiger partial charge in [0.2, 0.25) is 0 Å².